The van der Waals surface area contributed by atoms with Gasteiger partial charge in [0.25, 0.3) is 0 Å². The molecular formula is C10H13F6N3O6S2+2. The zero-order valence-electron chi connectivity index (χ0n) is 13.5. The van der Waals surface area contributed by atoms with Crippen LogP contribution in [-0.4, -0.2) is 55.6 Å². The Labute approximate surface area is 149 Å². The Morgan fingerprint density at radius 1 is 1.07 bits per heavy atom. The summed E-state index contributed by atoms with van der Waals surface area (Å²) in [5.74, 6) is 0. The molecular weight excluding hydrogens is 436 g/mol. The maximum Gasteiger partial charge on any atom is 0.585 e. The number of rotatable bonds is 5. The molecule has 0 atom stereocenters. The fourth-order valence-corrected chi connectivity index (χ4v) is 4.14. The summed E-state index contributed by atoms with van der Waals surface area (Å²) < 4.78 is 131. The van der Waals surface area contributed by atoms with Crippen LogP contribution in [0.5, 0.6) is 0 Å². The van der Waals surface area contributed by atoms with Crippen molar-refractivity contribution in [2.45, 2.75) is 17.6 Å². The summed E-state index contributed by atoms with van der Waals surface area (Å²) in [7, 11) is -12.1. The molecule has 9 nitrogen and oxygen atoms in total. The highest BCUT2D eigenvalue weighted by molar-refractivity contribution is 7.98. The molecule has 0 aliphatic rings. The number of ether oxygens (including phenoxy) is 2. The summed E-state index contributed by atoms with van der Waals surface area (Å²) in [6, 6.07) is 0. The Kier molecular flexibility index (Phi) is 6.41. The molecule has 0 amide bonds. The Bertz CT molecular complexity index is 870. The van der Waals surface area contributed by atoms with E-state index in [1.165, 1.54) is 27.9 Å². The van der Waals surface area contributed by atoms with Crippen molar-refractivity contribution in [1.82, 2.24) is 4.57 Å². The fraction of sp³-hybridized carbons (Fsp3) is 0.600. The Morgan fingerprint density at radius 3 is 1.89 bits per heavy atom. The molecule has 0 saturated carbocycles. The van der Waals surface area contributed by atoms with Crippen LogP contribution in [0.25, 0.3) is 0 Å². The Morgan fingerprint density at radius 2 is 1.56 bits per heavy atom. The van der Waals surface area contributed by atoms with Gasteiger partial charge in [0.15, 0.2) is 0 Å². The lowest BCUT2D eigenvalue weighted by atomic mass is 10.7. The number of methoxy groups -OCH3 is 1. The number of halogens is 6. The molecule has 0 bridgehead atoms. The minimum atomic E-state index is -7.05. The van der Waals surface area contributed by atoms with E-state index in [1.807, 2.05) is 0 Å². The van der Waals surface area contributed by atoms with Crippen LogP contribution in [0, 0.1) is 0 Å². The minimum absolute atomic E-state index is 0.181. The van der Waals surface area contributed by atoms with E-state index in [0.29, 0.717) is 7.11 Å². The van der Waals surface area contributed by atoms with Gasteiger partial charge in [-0.1, -0.05) is 0 Å². The molecule has 0 spiro atoms. The highest BCUT2D eigenvalue weighted by atomic mass is 32.3. The predicted molar refractivity (Wildman–Crippen MR) is 73.8 cm³/mol. The van der Waals surface area contributed by atoms with E-state index in [9.17, 15) is 43.2 Å². The number of nitrogens with zero attached hydrogens (tertiary/aromatic N) is 3. The van der Waals surface area contributed by atoms with Gasteiger partial charge < -0.3 is 9.47 Å². The number of imidazole rings is 1. The van der Waals surface area contributed by atoms with Gasteiger partial charge in [-0.15, -0.1) is 0 Å². The van der Waals surface area contributed by atoms with Crippen LogP contribution >= 0.6 is 0 Å². The molecule has 17 heteroatoms. The lowest BCUT2D eigenvalue weighted by Gasteiger charge is -2.11. The number of aryl methyl sites for hydroxylation is 1. The van der Waals surface area contributed by atoms with E-state index in [0.717, 1.165) is 0 Å². The van der Waals surface area contributed by atoms with Gasteiger partial charge in [-0.05, 0) is 0 Å². The molecule has 0 aromatic carbocycles. The second-order valence-corrected chi connectivity index (χ2v) is 8.52. The summed E-state index contributed by atoms with van der Waals surface area (Å²) >= 11 is 0. The van der Waals surface area contributed by atoms with E-state index < -0.39 is 47.1 Å². The van der Waals surface area contributed by atoms with Gasteiger partial charge in [0, 0.05) is 0 Å². The van der Waals surface area contributed by atoms with Crippen LogP contribution in [0.3, 0.4) is 0 Å². The van der Waals surface area contributed by atoms with Crippen LogP contribution < -0.4 is 4.57 Å². The lowest BCUT2D eigenvalue weighted by Crippen LogP contribution is -2.47. The summed E-state index contributed by atoms with van der Waals surface area (Å²) in [6.07, 6.45) is 2.41. The van der Waals surface area contributed by atoms with Crippen molar-refractivity contribution in [2.75, 3.05) is 13.7 Å². The van der Waals surface area contributed by atoms with Crippen LogP contribution in [0.4, 0.5) is 26.3 Å². The third-order valence-electron chi connectivity index (χ3n) is 2.74. The average molecular weight is 449 g/mol. The van der Waals surface area contributed by atoms with Crippen LogP contribution in [-0.2, 0) is 43.1 Å². The molecule has 0 fully saturated rings. The van der Waals surface area contributed by atoms with Crippen LogP contribution in [0.15, 0.2) is 18.7 Å². The molecule has 1 aromatic rings. The number of alkyl halides is 6. The number of sulfonamides is 2. The SMILES string of the molecule is COC(OCCn1cc[n+](C)c1)=[N+](S(=O)(=O)C(F)(F)F)S(=O)(=O)C(F)(F)F. The van der Waals surface area contributed by atoms with Gasteiger partial charge in [-0.3, -0.25) is 0 Å². The van der Waals surface area contributed by atoms with Gasteiger partial charge in [-0.25, -0.2) is 9.13 Å². The van der Waals surface area contributed by atoms with Crippen LogP contribution in [0.1, 0.15) is 0 Å². The molecule has 0 aliphatic carbocycles. The average Bonchev–Trinajstić information content (AvgIpc) is 2.88. The van der Waals surface area contributed by atoms with Crippen molar-refractivity contribution in [3.63, 3.8) is 0 Å². The van der Waals surface area contributed by atoms with Gasteiger partial charge in [0.1, 0.15) is 25.5 Å². The summed E-state index contributed by atoms with van der Waals surface area (Å²) in [6.45, 7) is -0.894. The monoisotopic (exact) mass is 449 g/mol. The maximum absolute atomic E-state index is 12.7. The number of hydrogen-bond acceptors (Lipinski definition) is 6. The van der Waals surface area contributed by atoms with Gasteiger partial charge >= 0.3 is 37.1 Å². The first kappa shape index (κ1) is 23.0. The van der Waals surface area contributed by atoms with E-state index in [4.69, 9.17) is 0 Å². The quantitative estimate of drug-likeness (QED) is 0.273. The molecule has 1 heterocycles. The molecule has 0 aliphatic heterocycles. The number of hydrogen-bond donors (Lipinski definition) is 0. The van der Waals surface area contributed by atoms with E-state index >= 15 is 0 Å². The van der Waals surface area contributed by atoms with Crippen molar-refractivity contribution in [2.24, 2.45) is 7.05 Å². The summed E-state index contributed by atoms with van der Waals surface area (Å²) in [4.78, 5) is 0. The van der Waals surface area contributed by atoms with E-state index in [2.05, 4.69) is 9.47 Å². The van der Waals surface area contributed by atoms with E-state index in [-0.39, 0.29) is 6.54 Å². The number of aromatic nitrogens is 2. The maximum atomic E-state index is 12.7. The van der Waals surface area contributed by atoms with Crippen molar-refractivity contribution >= 4 is 26.1 Å². The second kappa shape index (κ2) is 7.53. The smallest absolute Gasteiger partial charge is 0.416 e. The molecule has 27 heavy (non-hydrogen) atoms. The summed E-state index contributed by atoms with van der Waals surface area (Å²) in [5, 5.41) is 0. The van der Waals surface area contributed by atoms with Gasteiger partial charge in [-0.2, -0.15) is 43.2 Å². The van der Waals surface area contributed by atoms with Gasteiger partial charge in [0.2, 0.25) is 6.33 Å². The Hall–Kier alpha value is -2.04. The normalized spacial score (nSPS) is 13.3. The topological polar surface area (TPSA) is 98.6 Å². The highest BCUT2D eigenvalue weighted by Gasteiger charge is 2.69. The minimum Gasteiger partial charge on any atom is -0.416 e. The lowest BCUT2D eigenvalue weighted by molar-refractivity contribution is -0.671. The zero-order chi connectivity index (χ0) is 21.3. The molecule has 0 unspecified atom stereocenters. The molecule has 0 saturated heterocycles. The molecule has 156 valence electrons. The first-order valence-corrected chi connectivity index (χ1v) is 9.41. The zero-order valence-corrected chi connectivity index (χ0v) is 15.2. The fourth-order valence-electron chi connectivity index (χ4n) is 1.57. The van der Waals surface area contributed by atoms with Crippen molar-refractivity contribution in [3.8, 4) is 0 Å². The standard InChI is InChI=1S/C10H13F6N3O6S2/c1-17-3-4-18(7-17)5-6-25-8(24-2)19(26(20,21)9(11,12)13)27(22,23)10(14,15)16/h3-4,7H,5-6H2,1-2H3/q+2. The third-order valence-corrected chi connectivity index (χ3v) is 6.26. The van der Waals surface area contributed by atoms with Crippen molar-refractivity contribution < 1.29 is 60.6 Å². The van der Waals surface area contributed by atoms with Crippen LogP contribution in [0.2, 0.25) is 0 Å². The molecule has 1 rings (SSSR count). The molecule has 0 radical (unpaired) electrons. The van der Waals surface area contributed by atoms with Crippen molar-refractivity contribution in [3.05, 3.63) is 18.7 Å². The molecule has 0 N–H and O–H groups in total. The first-order chi connectivity index (χ1) is 12.1. The first-order valence-electron chi connectivity index (χ1n) is 6.53. The third kappa shape index (κ3) is 4.82. The Balaban J connectivity index is 3.44. The van der Waals surface area contributed by atoms with E-state index in [1.54, 1.807) is 7.05 Å². The predicted octanol–water partition coefficient (Wildman–Crippen LogP) is 0.0433. The second-order valence-electron chi connectivity index (χ2n) is 4.73. The largest absolute Gasteiger partial charge is 0.585 e. The summed E-state index contributed by atoms with van der Waals surface area (Å²) in [5.41, 5.74) is -12.8. The van der Waals surface area contributed by atoms with Gasteiger partial charge in [0.05, 0.1) is 17.5 Å². The molecule has 1 aromatic heterocycles. The highest BCUT2D eigenvalue weighted by Crippen LogP contribution is 2.32. The van der Waals surface area contributed by atoms with Crippen molar-refractivity contribution in [1.29, 1.82) is 0 Å².